The highest BCUT2D eigenvalue weighted by molar-refractivity contribution is 7.89. The normalized spacial score (nSPS) is 18.3. The summed E-state index contributed by atoms with van der Waals surface area (Å²) in [5, 5.41) is 0. The lowest BCUT2D eigenvalue weighted by molar-refractivity contribution is 0.313. The molecule has 1 atom stereocenters. The summed E-state index contributed by atoms with van der Waals surface area (Å²) in [5.41, 5.74) is 3.22. The Hall–Kier alpha value is -2.45. The number of aromatic nitrogens is 3. The first-order valence-electron chi connectivity index (χ1n) is 11.1. The molecule has 2 aromatic heterocycles. The Bertz CT molecular complexity index is 1300. The van der Waals surface area contributed by atoms with Gasteiger partial charge in [0.15, 0.2) is 5.65 Å². The molecule has 32 heavy (non-hydrogen) atoms. The van der Waals surface area contributed by atoms with Crippen LogP contribution in [0.3, 0.4) is 0 Å². The van der Waals surface area contributed by atoms with Gasteiger partial charge in [0.25, 0.3) is 0 Å². The van der Waals surface area contributed by atoms with E-state index in [1.807, 2.05) is 31.2 Å². The number of pyridine rings is 1. The molecule has 1 aliphatic rings. The van der Waals surface area contributed by atoms with Gasteiger partial charge in [-0.05, 0) is 49.4 Å². The third-order valence-electron chi connectivity index (χ3n) is 6.10. The van der Waals surface area contributed by atoms with Crippen molar-refractivity contribution in [2.45, 2.75) is 57.9 Å². The van der Waals surface area contributed by atoms with Gasteiger partial charge < -0.3 is 0 Å². The number of sulfonamides is 1. The van der Waals surface area contributed by atoms with Crippen molar-refractivity contribution in [2.75, 3.05) is 13.1 Å². The zero-order valence-corrected chi connectivity index (χ0v) is 20.3. The molecule has 1 aromatic carbocycles. The fourth-order valence-electron chi connectivity index (χ4n) is 4.40. The van der Waals surface area contributed by atoms with E-state index in [2.05, 4.69) is 20.8 Å². The van der Waals surface area contributed by atoms with E-state index in [0.717, 1.165) is 29.6 Å². The quantitative estimate of drug-likeness (QED) is 0.600. The van der Waals surface area contributed by atoms with Gasteiger partial charge in [0.05, 0.1) is 10.4 Å². The highest BCUT2D eigenvalue weighted by Gasteiger charge is 2.32. The van der Waals surface area contributed by atoms with E-state index < -0.39 is 10.0 Å². The molecular weight excluding hydrogens is 424 g/mol. The van der Waals surface area contributed by atoms with Crippen molar-refractivity contribution in [3.05, 3.63) is 58.1 Å². The number of nitrogens with zero attached hydrogens (tertiary/aromatic N) is 4. The number of benzene rings is 1. The van der Waals surface area contributed by atoms with Crippen LogP contribution in [0.2, 0.25) is 0 Å². The molecule has 0 aliphatic carbocycles. The Labute approximate surface area is 189 Å². The lowest BCUT2D eigenvalue weighted by Gasteiger charge is -2.31. The summed E-state index contributed by atoms with van der Waals surface area (Å²) in [4.78, 5) is 18.0. The lowest BCUT2D eigenvalue weighted by atomic mass is 9.95. The van der Waals surface area contributed by atoms with E-state index in [4.69, 9.17) is 4.98 Å². The minimum absolute atomic E-state index is 0.00515. The van der Waals surface area contributed by atoms with Crippen molar-refractivity contribution in [3.8, 4) is 0 Å². The Kier molecular flexibility index (Phi) is 5.79. The molecule has 0 N–H and O–H groups in total. The van der Waals surface area contributed by atoms with Crippen LogP contribution >= 0.6 is 0 Å². The second-order valence-corrected chi connectivity index (χ2v) is 12.0. The molecule has 4 rings (SSSR count). The van der Waals surface area contributed by atoms with E-state index in [0.29, 0.717) is 30.2 Å². The Balaban J connectivity index is 1.65. The van der Waals surface area contributed by atoms with Gasteiger partial charge in [0.2, 0.25) is 10.0 Å². The summed E-state index contributed by atoms with van der Waals surface area (Å²) in [5.74, 6) is -0.00515. The number of piperidine rings is 1. The maximum absolute atomic E-state index is 13.2. The summed E-state index contributed by atoms with van der Waals surface area (Å²) in [6.07, 6.45) is 1.65. The maximum atomic E-state index is 13.2. The lowest BCUT2D eigenvalue weighted by Crippen LogP contribution is -2.39. The van der Waals surface area contributed by atoms with E-state index in [-0.39, 0.29) is 17.0 Å². The van der Waals surface area contributed by atoms with E-state index in [1.54, 1.807) is 32.6 Å². The standard InChI is InChI=1S/C24H32N4O3S/c1-17-8-10-19(11-9-17)32(30,31)27-14-6-7-18(15-27)20-12-13-21-22(25-20)26(5)23(29)28(21)16-24(2,3)4/h8-13,18H,6-7,14-16H2,1-5H3. The molecule has 0 radical (unpaired) electrons. The number of hydrogen-bond donors (Lipinski definition) is 0. The third kappa shape index (κ3) is 4.26. The summed E-state index contributed by atoms with van der Waals surface area (Å²) in [6.45, 7) is 9.76. The number of hydrogen-bond acceptors (Lipinski definition) is 4. The first-order valence-corrected chi connectivity index (χ1v) is 12.5. The second-order valence-electron chi connectivity index (χ2n) is 10.1. The molecule has 172 valence electrons. The summed E-state index contributed by atoms with van der Waals surface area (Å²) in [7, 11) is -1.80. The minimum atomic E-state index is -3.55. The molecule has 3 aromatic rings. The predicted molar refractivity (Wildman–Crippen MR) is 126 cm³/mol. The van der Waals surface area contributed by atoms with Crippen LogP contribution in [0, 0.1) is 12.3 Å². The molecule has 3 heterocycles. The van der Waals surface area contributed by atoms with Crippen molar-refractivity contribution in [3.63, 3.8) is 0 Å². The van der Waals surface area contributed by atoms with Gasteiger partial charge in [-0.1, -0.05) is 38.5 Å². The van der Waals surface area contributed by atoms with Gasteiger partial charge in [0, 0.05) is 38.3 Å². The molecule has 7 nitrogen and oxygen atoms in total. The largest absolute Gasteiger partial charge is 0.330 e. The van der Waals surface area contributed by atoms with E-state index in [1.165, 1.54) is 0 Å². The van der Waals surface area contributed by atoms with Crippen molar-refractivity contribution in [2.24, 2.45) is 12.5 Å². The molecule has 0 saturated carbocycles. The van der Waals surface area contributed by atoms with Crippen molar-refractivity contribution < 1.29 is 8.42 Å². The molecule has 0 spiro atoms. The molecule has 1 saturated heterocycles. The molecule has 8 heteroatoms. The monoisotopic (exact) mass is 456 g/mol. The third-order valence-corrected chi connectivity index (χ3v) is 7.98. The Morgan fingerprint density at radius 3 is 2.44 bits per heavy atom. The SMILES string of the molecule is Cc1ccc(S(=O)(=O)N2CCCC(c3ccc4c(n3)n(C)c(=O)n4CC(C)(C)C)C2)cc1. The fraction of sp³-hybridized carbons (Fsp3) is 0.500. The van der Waals surface area contributed by atoms with Gasteiger partial charge >= 0.3 is 5.69 Å². The maximum Gasteiger partial charge on any atom is 0.330 e. The average molecular weight is 457 g/mol. The van der Waals surface area contributed by atoms with Crippen LogP contribution in [0.25, 0.3) is 11.2 Å². The predicted octanol–water partition coefficient (Wildman–Crippen LogP) is 3.66. The van der Waals surface area contributed by atoms with Gasteiger partial charge in [-0.15, -0.1) is 0 Å². The van der Waals surface area contributed by atoms with Gasteiger partial charge in [-0.2, -0.15) is 4.31 Å². The van der Waals surface area contributed by atoms with E-state index >= 15 is 0 Å². The first kappa shape index (κ1) is 22.7. The summed E-state index contributed by atoms with van der Waals surface area (Å²) < 4.78 is 31.3. The smallest absolute Gasteiger partial charge is 0.290 e. The van der Waals surface area contributed by atoms with Crippen LogP contribution in [-0.4, -0.2) is 39.9 Å². The van der Waals surface area contributed by atoms with Gasteiger partial charge in [-0.25, -0.2) is 18.2 Å². The number of imidazole rings is 1. The van der Waals surface area contributed by atoms with Crippen LogP contribution < -0.4 is 5.69 Å². The molecule has 1 unspecified atom stereocenters. The summed E-state index contributed by atoms with van der Waals surface area (Å²) in [6, 6.07) is 10.9. The number of fused-ring (bicyclic) bond motifs is 1. The van der Waals surface area contributed by atoms with Gasteiger partial charge in [0.1, 0.15) is 0 Å². The molecule has 1 fully saturated rings. The zero-order valence-electron chi connectivity index (χ0n) is 19.5. The van der Waals surface area contributed by atoms with Crippen molar-refractivity contribution in [1.29, 1.82) is 0 Å². The van der Waals surface area contributed by atoms with Gasteiger partial charge in [-0.3, -0.25) is 9.13 Å². The highest BCUT2D eigenvalue weighted by Crippen LogP contribution is 2.30. The number of aryl methyl sites for hydroxylation is 2. The Morgan fingerprint density at radius 2 is 1.78 bits per heavy atom. The van der Waals surface area contributed by atoms with Crippen molar-refractivity contribution >= 4 is 21.2 Å². The fourth-order valence-corrected chi connectivity index (χ4v) is 5.93. The number of rotatable bonds is 4. The average Bonchev–Trinajstić information content (AvgIpc) is 2.97. The van der Waals surface area contributed by atoms with Crippen molar-refractivity contribution in [1.82, 2.24) is 18.4 Å². The molecule has 0 bridgehead atoms. The zero-order chi connectivity index (χ0) is 23.3. The van der Waals surface area contributed by atoms with Crippen LogP contribution in [0.15, 0.2) is 46.1 Å². The minimum Gasteiger partial charge on any atom is -0.290 e. The Morgan fingerprint density at radius 1 is 1.09 bits per heavy atom. The van der Waals surface area contributed by atoms with Crippen LogP contribution in [0.1, 0.15) is 50.8 Å². The molecular formula is C24H32N4O3S. The molecule has 0 amide bonds. The molecule has 1 aliphatic heterocycles. The van der Waals surface area contributed by atoms with Crippen LogP contribution in [-0.2, 0) is 23.6 Å². The van der Waals surface area contributed by atoms with Crippen LogP contribution in [0.5, 0.6) is 0 Å². The van der Waals surface area contributed by atoms with E-state index in [9.17, 15) is 13.2 Å². The van der Waals surface area contributed by atoms with Crippen LogP contribution in [0.4, 0.5) is 0 Å². The second kappa shape index (κ2) is 8.15. The highest BCUT2D eigenvalue weighted by atomic mass is 32.2. The summed E-state index contributed by atoms with van der Waals surface area (Å²) >= 11 is 0. The first-order chi connectivity index (χ1) is 15.0. The topological polar surface area (TPSA) is 77.2 Å².